The standard InChI is InChI=1S/C12H16BrNO3S/c13-8-10-2-4-11(5-3-10)18(16,17)14-12(9-15)6-1-7-12/h2-5,14-15H,1,6-9H2. The Bertz CT molecular complexity index is 503. The molecular weight excluding hydrogens is 318 g/mol. The van der Waals surface area contributed by atoms with Crippen LogP contribution in [0.2, 0.25) is 0 Å². The van der Waals surface area contributed by atoms with Gasteiger partial charge < -0.3 is 5.11 Å². The third kappa shape index (κ3) is 2.77. The van der Waals surface area contributed by atoms with Crippen LogP contribution < -0.4 is 4.72 Å². The molecule has 6 heteroatoms. The van der Waals surface area contributed by atoms with Gasteiger partial charge in [-0.2, -0.15) is 0 Å². The Morgan fingerprint density at radius 2 is 1.89 bits per heavy atom. The van der Waals surface area contributed by atoms with Crippen molar-refractivity contribution in [2.75, 3.05) is 6.61 Å². The molecule has 2 N–H and O–H groups in total. The molecule has 0 bridgehead atoms. The zero-order valence-electron chi connectivity index (χ0n) is 9.89. The highest BCUT2D eigenvalue weighted by Crippen LogP contribution is 2.32. The molecule has 1 saturated carbocycles. The highest BCUT2D eigenvalue weighted by molar-refractivity contribution is 9.08. The molecule has 1 aliphatic carbocycles. The number of aliphatic hydroxyl groups excluding tert-OH is 1. The third-order valence-corrected chi connectivity index (χ3v) is 5.59. The predicted molar refractivity (Wildman–Crippen MR) is 73.1 cm³/mol. The minimum absolute atomic E-state index is 0.147. The van der Waals surface area contributed by atoms with Crippen LogP contribution >= 0.6 is 15.9 Å². The first-order chi connectivity index (χ1) is 8.51. The number of halogens is 1. The zero-order valence-corrected chi connectivity index (χ0v) is 12.3. The van der Waals surface area contributed by atoms with E-state index in [0.717, 1.165) is 12.0 Å². The Morgan fingerprint density at radius 1 is 1.28 bits per heavy atom. The molecule has 0 radical (unpaired) electrons. The summed E-state index contributed by atoms with van der Waals surface area (Å²) in [6, 6.07) is 6.72. The molecule has 1 fully saturated rings. The van der Waals surface area contributed by atoms with Crippen molar-refractivity contribution in [2.45, 2.75) is 35.0 Å². The second kappa shape index (κ2) is 5.28. The molecule has 18 heavy (non-hydrogen) atoms. The van der Waals surface area contributed by atoms with Crippen molar-refractivity contribution in [2.24, 2.45) is 0 Å². The van der Waals surface area contributed by atoms with Gasteiger partial charge in [-0.3, -0.25) is 0 Å². The second-order valence-electron chi connectivity index (χ2n) is 4.68. The van der Waals surface area contributed by atoms with Gasteiger partial charge in [0.05, 0.1) is 17.0 Å². The Morgan fingerprint density at radius 3 is 2.28 bits per heavy atom. The summed E-state index contributed by atoms with van der Waals surface area (Å²) in [5, 5.41) is 9.99. The van der Waals surface area contributed by atoms with E-state index in [-0.39, 0.29) is 11.5 Å². The molecule has 0 amide bonds. The smallest absolute Gasteiger partial charge is 0.241 e. The number of rotatable bonds is 5. The van der Waals surface area contributed by atoms with E-state index < -0.39 is 15.6 Å². The molecule has 0 saturated heterocycles. The summed E-state index contributed by atoms with van der Waals surface area (Å²) in [6.45, 7) is -0.147. The fourth-order valence-corrected chi connectivity index (χ4v) is 3.82. The molecule has 2 rings (SSSR count). The molecule has 0 unspecified atom stereocenters. The molecule has 0 heterocycles. The average molecular weight is 334 g/mol. The molecular formula is C12H16BrNO3S. The van der Waals surface area contributed by atoms with Gasteiger partial charge in [-0.15, -0.1) is 0 Å². The summed E-state index contributed by atoms with van der Waals surface area (Å²) in [7, 11) is -3.54. The first-order valence-electron chi connectivity index (χ1n) is 5.81. The van der Waals surface area contributed by atoms with Crippen LogP contribution in [0.1, 0.15) is 24.8 Å². The molecule has 0 aromatic heterocycles. The van der Waals surface area contributed by atoms with E-state index in [4.69, 9.17) is 0 Å². The first-order valence-corrected chi connectivity index (χ1v) is 8.42. The Balaban J connectivity index is 2.19. The monoisotopic (exact) mass is 333 g/mol. The van der Waals surface area contributed by atoms with E-state index in [2.05, 4.69) is 20.7 Å². The van der Waals surface area contributed by atoms with E-state index in [9.17, 15) is 13.5 Å². The summed E-state index contributed by atoms with van der Waals surface area (Å²) < 4.78 is 27.0. The maximum absolute atomic E-state index is 12.2. The first kappa shape index (κ1) is 14.0. The molecule has 1 aromatic carbocycles. The number of hydrogen-bond acceptors (Lipinski definition) is 3. The summed E-state index contributed by atoms with van der Waals surface area (Å²) in [6.07, 6.45) is 2.34. The molecule has 1 aromatic rings. The second-order valence-corrected chi connectivity index (χ2v) is 6.92. The van der Waals surface area contributed by atoms with Crippen LogP contribution in [-0.4, -0.2) is 25.7 Å². The van der Waals surface area contributed by atoms with Crippen molar-refractivity contribution < 1.29 is 13.5 Å². The minimum Gasteiger partial charge on any atom is -0.394 e. The third-order valence-electron chi connectivity index (χ3n) is 3.35. The number of hydrogen-bond donors (Lipinski definition) is 2. The molecule has 100 valence electrons. The summed E-state index contributed by atoms with van der Waals surface area (Å²) >= 11 is 3.31. The van der Waals surface area contributed by atoms with Crippen molar-refractivity contribution in [1.29, 1.82) is 0 Å². The van der Waals surface area contributed by atoms with Crippen LogP contribution in [-0.2, 0) is 15.4 Å². The Hall–Kier alpha value is -0.430. The number of benzene rings is 1. The average Bonchev–Trinajstić information content (AvgIpc) is 2.34. The van der Waals surface area contributed by atoms with Gasteiger partial charge in [0, 0.05) is 5.33 Å². The molecule has 0 atom stereocenters. The molecule has 0 aliphatic heterocycles. The lowest BCUT2D eigenvalue weighted by atomic mass is 9.78. The highest BCUT2D eigenvalue weighted by atomic mass is 79.9. The van der Waals surface area contributed by atoms with Gasteiger partial charge in [-0.05, 0) is 37.0 Å². The molecule has 4 nitrogen and oxygen atoms in total. The van der Waals surface area contributed by atoms with Crippen LogP contribution in [0.4, 0.5) is 0 Å². The van der Waals surface area contributed by atoms with Crippen molar-refractivity contribution >= 4 is 26.0 Å². The topological polar surface area (TPSA) is 66.4 Å². The van der Waals surface area contributed by atoms with Crippen molar-refractivity contribution in [3.8, 4) is 0 Å². The van der Waals surface area contributed by atoms with E-state index in [0.29, 0.717) is 18.2 Å². The fourth-order valence-electron chi connectivity index (χ4n) is 2.00. The van der Waals surface area contributed by atoms with Crippen LogP contribution in [0.3, 0.4) is 0 Å². The lowest BCUT2D eigenvalue weighted by molar-refractivity contribution is 0.110. The number of sulfonamides is 1. The van der Waals surface area contributed by atoms with Gasteiger partial charge in [-0.1, -0.05) is 28.1 Å². The normalized spacial score (nSPS) is 18.3. The fraction of sp³-hybridized carbons (Fsp3) is 0.500. The zero-order chi connectivity index (χ0) is 13.2. The van der Waals surface area contributed by atoms with Crippen molar-refractivity contribution in [3.05, 3.63) is 29.8 Å². The van der Waals surface area contributed by atoms with Gasteiger partial charge >= 0.3 is 0 Å². The maximum Gasteiger partial charge on any atom is 0.241 e. The van der Waals surface area contributed by atoms with E-state index in [1.54, 1.807) is 24.3 Å². The van der Waals surface area contributed by atoms with E-state index in [1.165, 1.54) is 0 Å². The number of nitrogens with one attached hydrogen (secondary N) is 1. The number of aliphatic hydroxyl groups is 1. The summed E-state index contributed by atoms with van der Waals surface area (Å²) in [5.74, 6) is 0. The van der Waals surface area contributed by atoms with Crippen LogP contribution in [0.5, 0.6) is 0 Å². The lowest BCUT2D eigenvalue weighted by Gasteiger charge is -2.40. The predicted octanol–water partition coefficient (Wildman–Crippen LogP) is 1.77. The lowest BCUT2D eigenvalue weighted by Crippen LogP contribution is -2.55. The van der Waals surface area contributed by atoms with Gasteiger partial charge in [0.1, 0.15) is 0 Å². The SMILES string of the molecule is O=S(=O)(NC1(CO)CCC1)c1ccc(CBr)cc1. The Labute approximate surface area is 116 Å². The van der Waals surface area contributed by atoms with Crippen molar-refractivity contribution in [3.63, 3.8) is 0 Å². The molecule has 0 spiro atoms. The van der Waals surface area contributed by atoms with Crippen LogP contribution in [0.15, 0.2) is 29.2 Å². The minimum atomic E-state index is -3.54. The van der Waals surface area contributed by atoms with Gasteiger partial charge in [0.2, 0.25) is 10.0 Å². The Kier molecular flexibility index (Phi) is 4.11. The van der Waals surface area contributed by atoms with Crippen LogP contribution in [0, 0.1) is 0 Å². The van der Waals surface area contributed by atoms with Crippen LogP contribution in [0.25, 0.3) is 0 Å². The summed E-state index contributed by atoms with van der Waals surface area (Å²) in [5.41, 5.74) is 0.377. The van der Waals surface area contributed by atoms with E-state index >= 15 is 0 Å². The van der Waals surface area contributed by atoms with Gasteiger partial charge in [-0.25, -0.2) is 13.1 Å². The maximum atomic E-state index is 12.2. The molecule has 1 aliphatic rings. The van der Waals surface area contributed by atoms with Crippen molar-refractivity contribution in [1.82, 2.24) is 4.72 Å². The van der Waals surface area contributed by atoms with Gasteiger partial charge in [0.15, 0.2) is 0 Å². The summed E-state index contributed by atoms with van der Waals surface area (Å²) in [4.78, 5) is 0.243. The van der Waals surface area contributed by atoms with E-state index in [1.807, 2.05) is 0 Å². The highest BCUT2D eigenvalue weighted by Gasteiger charge is 2.40. The van der Waals surface area contributed by atoms with Gasteiger partial charge in [0.25, 0.3) is 0 Å². The largest absolute Gasteiger partial charge is 0.394 e. The number of alkyl halides is 1. The quantitative estimate of drug-likeness (QED) is 0.807.